The minimum atomic E-state index is -4.77. The summed E-state index contributed by atoms with van der Waals surface area (Å²) in [5.74, 6) is -0.258. The van der Waals surface area contributed by atoms with Crippen LogP contribution < -0.4 is 10.5 Å². The Morgan fingerprint density at radius 2 is 1.68 bits per heavy atom. The summed E-state index contributed by atoms with van der Waals surface area (Å²) in [7, 11) is 0. The van der Waals surface area contributed by atoms with Gasteiger partial charge in [-0.15, -0.1) is 13.2 Å². The van der Waals surface area contributed by atoms with Crippen LogP contribution in [0.2, 0.25) is 0 Å². The van der Waals surface area contributed by atoms with Crippen LogP contribution in [0.3, 0.4) is 0 Å². The molecule has 128 valence electrons. The number of aryl methyl sites for hydroxylation is 1. The standard InChI is InChI=1S/C19H15F3N2O/c1-12-10-13(8-9-24-12)17-11-14(23)6-7-15(17)16-4-2-3-5-18(16)25-19(20,21)22/h2-11H,23H2,1H3. The monoisotopic (exact) mass is 344 g/mol. The van der Waals surface area contributed by atoms with E-state index in [0.717, 1.165) is 11.3 Å². The van der Waals surface area contributed by atoms with Crippen molar-refractivity contribution in [1.29, 1.82) is 0 Å². The lowest BCUT2D eigenvalue weighted by molar-refractivity contribution is -0.274. The van der Waals surface area contributed by atoms with Gasteiger partial charge in [0.25, 0.3) is 0 Å². The Morgan fingerprint density at radius 3 is 2.40 bits per heavy atom. The van der Waals surface area contributed by atoms with Gasteiger partial charge in [0, 0.05) is 23.1 Å². The molecule has 25 heavy (non-hydrogen) atoms. The van der Waals surface area contributed by atoms with Crippen molar-refractivity contribution in [1.82, 2.24) is 4.98 Å². The molecule has 3 nitrogen and oxygen atoms in total. The third kappa shape index (κ3) is 3.91. The third-order valence-corrected chi connectivity index (χ3v) is 3.65. The average molecular weight is 344 g/mol. The number of alkyl halides is 3. The number of anilines is 1. The van der Waals surface area contributed by atoms with Gasteiger partial charge in [0.1, 0.15) is 5.75 Å². The average Bonchev–Trinajstić information content (AvgIpc) is 2.54. The van der Waals surface area contributed by atoms with Gasteiger partial charge in [-0.05, 0) is 53.9 Å². The molecule has 0 aliphatic heterocycles. The van der Waals surface area contributed by atoms with Crippen LogP contribution in [-0.2, 0) is 0 Å². The molecule has 0 atom stereocenters. The fourth-order valence-electron chi connectivity index (χ4n) is 2.65. The fourth-order valence-corrected chi connectivity index (χ4v) is 2.65. The van der Waals surface area contributed by atoms with Gasteiger partial charge in [0.2, 0.25) is 0 Å². The molecule has 3 aromatic rings. The lowest BCUT2D eigenvalue weighted by atomic mass is 9.93. The summed E-state index contributed by atoms with van der Waals surface area (Å²) in [6, 6.07) is 14.8. The number of rotatable bonds is 3. The van der Waals surface area contributed by atoms with Crippen molar-refractivity contribution in [3.05, 3.63) is 66.5 Å². The van der Waals surface area contributed by atoms with Gasteiger partial charge in [0.15, 0.2) is 0 Å². The number of ether oxygens (including phenoxy) is 1. The molecular weight excluding hydrogens is 329 g/mol. The van der Waals surface area contributed by atoms with E-state index in [-0.39, 0.29) is 5.75 Å². The molecule has 0 spiro atoms. The summed E-state index contributed by atoms with van der Waals surface area (Å²) in [6.45, 7) is 1.84. The predicted octanol–water partition coefficient (Wildman–Crippen LogP) is 5.20. The molecule has 6 heteroatoms. The maximum absolute atomic E-state index is 12.7. The van der Waals surface area contributed by atoms with Crippen molar-refractivity contribution in [2.45, 2.75) is 13.3 Å². The molecule has 0 fully saturated rings. The molecule has 0 aliphatic carbocycles. The first kappa shape index (κ1) is 16.8. The van der Waals surface area contributed by atoms with Crippen LogP contribution in [-0.4, -0.2) is 11.3 Å². The van der Waals surface area contributed by atoms with Gasteiger partial charge < -0.3 is 10.5 Å². The second-order valence-corrected chi connectivity index (χ2v) is 5.53. The number of pyridine rings is 1. The van der Waals surface area contributed by atoms with Crippen LogP contribution in [0.25, 0.3) is 22.3 Å². The van der Waals surface area contributed by atoms with Crippen molar-refractivity contribution >= 4 is 5.69 Å². The van der Waals surface area contributed by atoms with E-state index in [1.807, 2.05) is 13.0 Å². The third-order valence-electron chi connectivity index (χ3n) is 3.65. The van der Waals surface area contributed by atoms with Gasteiger partial charge in [0.05, 0.1) is 0 Å². The Balaban J connectivity index is 2.19. The second kappa shape index (κ2) is 6.47. The number of nitrogens with two attached hydrogens (primary N) is 1. The Labute approximate surface area is 142 Å². The zero-order chi connectivity index (χ0) is 18.0. The first-order chi connectivity index (χ1) is 11.8. The van der Waals surface area contributed by atoms with Crippen molar-refractivity contribution in [3.63, 3.8) is 0 Å². The van der Waals surface area contributed by atoms with E-state index in [2.05, 4.69) is 9.72 Å². The Kier molecular flexibility index (Phi) is 4.35. The summed E-state index contributed by atoms with van der Waals surface area (Å²) in [5, 5.41) is 0. The van der Waals surface area contributed by atoms with E-state index in [1.54, 1.807) is 42.6 Å². The number of hydrogen-bond acceptors (Lipinski definition) is 3. The maximum atomic E-state index is 12.7. The molecule has 2 N–H and O–H groups in total. The molecule has 1 heterocycles. The highest BCUT2D eigenvalue weighted by Gasteiger charge is 2.32. The molecule has 0 bridgehead atoms. The predicted molar refractivity (Wildman–Crippen MR) is 90.9 cm³/mol. The van der Waals surface area contributed by atoms with Gasteiger partial charge in [-0.25, -0.2) is 0 Å². The van der Waals surface area contributed by atoms with E-state index < -0.39 is 6.36 Å². The molecule has 1 aromatic heterocycles. The highest BCUT2D eigenvalue weighted by atomic mass is 19.4. The molecular formula is C19H15F3N2O. The molecule has 3 rings (SSSR count). The Hall–Kier alpha value is -3.02. The first-order valence-corrected chi connectivity index (χ1v) is 7.51. The van der Waals surface area contributed by atoms with Crippen molar-refractivity contribution < 1.29 is 17.9 Å². The maximum Gasteiger partial charge on any atom is 0.573 e. The van der Waals surface area contributed by atoms with Crippen molar-refractivity contribution in [2.24, 2.45) is 0 Å². The lowest BCUT2D eigenvalue weighted by Gasteiger charge is -2.16. The minimum absolute atomic E-state index is 0.258. The van der Waals surface area contributed by atoms with Crippen LogP contribution in [0, 0.1) is 6.92 Å². The summed E-state index contributed by atoms with van der Waals surface area (Å²) >= 11 is 0. The van der Waals surface area contributed by atoms with Gasteiger partial charge in [-0.2, -0.15) is 0 Å². The van der Waals surface area contributed by atoms with Crippen LogP contribution in [0.15, 0.2) is 60.8 Å². The van der Waals surface area contributed by atoms with E-state index in [0.29, 0.717) is 22.4 Å². The normalized spacial score (nSPS) is 11.4. The van der Waals surface area contributed by atoms with Gasteiger partial charge in [-0.3, -0.25) is 4.98 Å². The number of hydrogen-bond donors (Lipinski definition) is 1. The fraction of sp³-hybridized carbons (Fsp3) is 0.105. The number of nitrogen functional groups attached to an aromatic ring is 1. The first-order valence-electron chi connectivity index (χ1n) is 7.51. The minimum Gasteiger partial charge on any atom is -0.405 e. The van der Waals surface area contributed by atoms with Crippen molar-refractivity contribution in [3.8, 4) is 28.0 Å². The Morgan fingerprint density at radius 1 is 0.920 bits per heavy atom. The van der Waals surface area contributed by atoms with Crippen LogP contribution in [0.4, 0.5) is 18.9 Å². The summed E-state index contributed by atoms with van der Waals surface area (Å²) in [5.41, 5.74) is 9.67. The lowest BCUT2D eigenvalue weighted by Crippen LogP contribution is -2.17. The van der Waals surface area contributed by atoms with E-state index in [4.69, 9.17) is 5.73 Å². The van der Waals surface area contributed by atoms with Crippen molar-refractivity contribution in [2.75, 3.05) is 5.73 Å². The zero-order valence-electron chi connectivity index (χ0n) is 13.3. The SMILES string of the molecule is Cc1cc(-c2cc(N)ccc2-c2ccccc2OC(F)(F)F)ccn1. The molecule has 0 unspecified atom stereocenters. The van der Waals surface area contributed by atoms with Crippen LogP contribution >= 0.6 is 0 Å². The Bertz CT molecular complexity index is 907. The molecule has 0 radical (unpaired) electrons. The van der Waals surface area contributed by atoms with E-state index >= 15 is 0 Å². The summed E-state index contributed by atoms with van der Waals surface area (Å²) in [4.78, 5) is 4.15. The molecule has 2 aromatic carbocycles. The number of benzene rings is 2. The highest BCUT2D eigenvalue weighted by molar-refractivity contribution is 5.87. The number of para-hydroxylation sites is 1. The topological polar surface area (TPSA) is 48.1 Å². The largest absolute Gasteiger partial charge is 0.573 e. The quantitative estimate of drug-likeness (QED) is 0.664. The second-order valence-electron chi connectivity index (χ2n) is 5.53. The zero-order valence-corrected chi connectivity index (χ0v) is 13.3. The van der Waals surface area contributed by atoms with Crippen LogP contribution in [0.1, 0.15) is 5.69 Å². The van der Waals surface area contributed by atoms with E-state index in [1.165, 1.54) is 12.1 Å². The molecule has 0 amide bonds. The highest BCUT2D eigenvalue weighted by Crippen LogP contribution is 2.39. The molecule has 0 saturated carbocycles. The number of nitrogens with zero attached hydrogens (tertiary/aromatic N) is 1. The van der Waals surface area contributed by atoms with Crippen LogP contribution in [0.5, 0.6) is 5.75 Å². The van der Waals surface area contributed by atoms with Gasteiger partial charge >= 0.3 is 6.36 Å². The summed E-state index contributed by atoms with van der Waals surface area (Å²) < 4.78 is 42.4. The number of aromatic nitrogens is 1. The van der Waals surface area contributed by atoms with Gasteiger partial charge in [-0.1, -0.05) is 24.3 Å². The smallest absolute Gasteiger partial charge is 0.405 e. The molecule has 0 saturated heterocycles. The van der Waals surface area contributed by atoms with E-state index in [9.17, 15) is 13.2 Å². The summed E-state index contributed by atoms with van der Waals surface area (Å²) in [6.07, 6.45) is -3.12. The number of halogens is 3. The molecule has 0 aliphatic rings.